The fraction of sp³-hybridized carbons (Fsp3) is 0.480. The zero-order valence-corrected chi connectivity index (χ0v) is 21.8. The van der Waals surface area contributed by atoms with E-state index in [1.165, 1.54) is 23.5 Å². The van der Waals surface area contributed by atoms with Crippen LogP contribution in [0.15, 0.2) is 57.8 Å². The molecule has 1 aliphatic heterocycles. The average Bonchev–Trinajstić information content (AvgIpc) is 3.56. The van der Waals surface area contributed by atoms with Gasteiger partial charge in [0, 0.05) is 32.0 Å². The minimum absolute atomic E-state index is 0.0187. The molecule has 0 spiro atoms. The first-order chi connectivity index (χ1) is 17.4. The van der Waals surface area contributed by atoms with Crippen molar-refractivity contribution in [3.8, 4) is 5.75 Å². The number of rotatable bonds is 13. The maximum absolute atomic E-state index is 13.1. The van der Waals surface area contributed by atoms with Gasteiger partial charge >= 0.3 is 0 Å². The molecule has 2 N–H and O–H groups in total. The van der Waals surface area contributed by atoms with E-state index >= 15 is 0 Å². The van der Waals surface area contributed by atoms with Gasteiger partial charge in [-0.1, -0.05) is 0 Å². The van der Waals surface area contributed by atoms with Crippen molar-refractivity contribution >= 4 is 27.3 Å². The summed E-state index contributed by atoms with van der Waals surface area (Å²) < 4.78 is 44.3. The van der Waals surface area contributed by atoms with E-state index in [-0.39, 0.29) is 48.8 Å². The van der Waals surface area contributed by atoms with Gasteiger partial charge in [0.2, 0.25) is 16.3 Å². The van der Waals surface area contributed by atoms with E-state index in [2.05, 4.69) is 5.32 Å². The van der Waals surface area contributed by atoms with Crippen molar-refractivity contribution in [3.05, 3.63) is 58.5 Å². The molecule has 4 rings (SSSR count). The molecule has 9 nitrogen and oxygen atoms in total. The second-order valence-corrected chi connectivity index (χ2v) is 11.5. The summed E-state index contributed by atoms with van der Waals surface area (Å²) in [6.45, 7) is 0.283. The number of methoxy groups -OCH3 is 1. The van der Waals surface area contributed by atoms with E-state index in [1.54, 1.807) is 23.5 Å². The summed E-state index contributed by atoms with van der Waals surface area (Å²) in [5, 5.41) is 16.4. The second-order valence-electron chi connectivity index (χ2n) is 8.80. The van der Waals surface area contributed by atoms with Crippen LogP contribution in [0.4, 0.5) is 0 Å². The lowest BCUT2D eigenvalue weighted by molar-refractivity contribution is -0.146. The van der Waals surface area contributed by atoms with Crippen LogP contribution >= 0.6 is 11.3 Å². The van der Waals surface area contributed by atoms with E-state index in [1.807, 2.05) is 22.9 Å². The zero-order chi connectivity index (χ0) is 25.5. The predicted octanol–water partition coefficient (Wildman–Crippen LogP) is 2.70. The smallest absolute Gasteiger partial charge is 0.286 e. The van der Waals surface area contributed by atoms with Gasteiger partial charge in [0.1, 0.15) is 5.75 Å². The van der Waals surface area contributed by atoms with Crippen molar-refractivity contribution in [2.75, 3.05) is 40.0 Å². The molecule has 1 aliphatic carbocycles. The molecule has 1 aromatic carbocycles. The number of carbonyl (C=O) groups is 1. The van der Waals surface area contributed by atoms with Crippen LogP contribution in [0.3, 0.4) is 0 Å². The minimum atomic E-state index is -3.85. The lowest BCUT2D eigenvalue weighted by atomic mass is 9.95. The van der Waals surface area contributed by atoms with E-state index in [0.717, 1.165) is 18.4 Å². The first-order valence-corrected chi connectivity index (χ1v) is 14.3. The van der Waals surface area contributed by atoms with Crippen LogP contribution in [0.1, 0.15) is 30.7 Å². The van der Waals surface area contributed by atoms with Crippen molar-refractivity contribution in [2.24, 2.45) is 5.92 Å². The van der Waals surface area contributed by atoms with Crippen LogP contribution in [0.25, 0.3) is 0 Å². The molecular formula is C25H32N2O7S2. The van der Waals surface area contributed by atoms with Crippen LogP contribution in [0, 0.1) is 5.92 Å². The van der Waals surface area contributed by atoms with Crippen LogP contribution in [-0.2, 0) is 24.3 Å². The summed E-state index contributed by atoms with van der Waals surface area (Å²) in [7, 11) is -2.34. The van der Waals surface area contributed by atoms with Gasteiger partial charge < -0.3 is 24.6 Å². The van der Waals surface area contributed by atoms with Gasteiger partial charge in [-0.25, -0.2) is 8.42 Å². The Hall–Kier alpha value is -2.44. The number of thiophene rings is 1. The second kappa shape index (κ2) is 12.2. The molecule has 1 saturated carbocycles. The van der Waals surface area contributed by atoms with Gasteiger partial charge in [0.15, 0.2) is 5.76 Å². The lowest BCUT2D eigenvalue weighted by Crippen LogP contribution is -2.38. The highest BCUT2D eigenvalue weighted by Crippen LogP contribution is 2.33. The Morgan fingerprint density at radius 1 is 1.22 bits per heavy atom. The molecule has 36 heavy (non-hydrogen) atoms. The molecular weight excluding hydrogens is 504 g/mol. The maximum atomic E-state index is 13.1. The number of hydrogen-bond donors (Lipinski definition) is 2. The Morgan fingerprint density at radius 3 is 2.64 bits per heavy atom. The lowest BCUT2D eigenvalue weighted by Gasteiger charge is -2.29. The number of aliphatic hydroxyl groups excluding tert-OH is 1. The number of benzene rings is 1. The van der Waals surface area contributed by atoms with Gasteiger partial charge in [0.05, 0.1) is 25.2 Å². The van der Waals surface area contributed by atoms with Crippen LogP contribution in [-0.4, -0.2) is 70.0 Å². The average molecular weight is 537 g/mol. The Morgan fingerprint density at radius 2 is 2.00 bits per heavy atom. The number of allylic oxidation sites excluding steroid dienone is 1. The van der Waals surface area contributed by atoms with Crippen molar-refractivity contribution in [1.82, 2.24) is 9.62 Å². The third kappa shape index (κ3) is 6.86. The van der Waals surface area contributed by atoms with Crippen molar-refractivity contribution in [2.45, 2.75) is 36.4 Å². The number of hydrogen-bond acceptors (Lipinski definition) is 8. The molecule has 1 fully saturated rings. The number of ether oxygens (including phenoxy) is 3. The summed E-state index contributed by atoms with van der Waals surface area (Å²) in [5.74, 6) is 1.00. The largest absolute Gasteiger partial charge is 0.497 e. The molecule has 2 atom stereocenters. The van der Waals surface area contributed by atoms with Crippen molar-refractivity contribution < 1.29 is 32.5 Å². The van der Waals surface area contributed by atoms with Crippen LogP contribution < -0.4 is 10.1 Å². The first-order valence-electron chi connectivity index (χ1n) is 12.0. The fourth-order valence-corrected chi connectivity index (χ4v) is 6.07. The Bertz CT molecular complexity index is 1130. The molecule has 0 bridgehead atoms. The third-order valence-electron chi connectivity index (χ3n) is 6.19. The fourth-order valence-electron chi connectivity index (χ4n) is 3.93. The summed E-state index contributed by atoms with van der Waals surface area (Å²) in [5.41, 5.74) is 1.08. The van der Waals surface area contributed by atoms with Gasteiger partial charge in [-0.3, -0.25) is 4.79 Å². The molecule has 2 heterocycles. The Kier molecular flexibility index (Phi) is 9.02. The summed E-state index contributed by atoms with van der Waals surface area (Å²) in [6.07, 6.45) is 3.89. The highest BCUT2D eigenvalue weighted by molar-refractivity contribution is 7.89. The third-order valence-corrected chi connectivity index (χ3v) is 8.81. The summed E-state index contributed by atoms with van der Waals surface area (Å²) in [4.78, 5) is 12.8. The molecule has 0 unspecified atom stereocenters. The zero-order valence-electron chi connectivity index (χ0n) is 20.2. The SMILES string of the molecule is COc1ccc(S(=O)(=O)N(CCO)CCO[C@H]2C[C@@H](c3ccsc3)C=C(C(=O)NCC3CC3)O2)cc1. The molecule has 2 aromatic rings. The first kappa shape index (κ1) is 26.6. The normalized spacial score (nSPS) is 20.0. The molecule has 1 aromatic heterocycles. The minimum Gasteiger partial charge on any atom is -0.497 e. The van der Waals surface area contributed by atoms with Crippen LogP contribution in [0.5, 0.6) is 5.75 Å². The summed E-state index contributed by atoms with van der Waals surface area (Å²) >= 11 is 1.58. The van der Waals surface area contributed by atoms with Gasteiger partial charge in [-0.15, -0.1) is 0 Å². The standard InChI is InChI=1S/C25H32N2O7S2/c1-32-21-4-6-22(7-5-21)36(30,31)27(9-11-28)10-12-33-24-15-20(19-8-13-35-17-19)14-23(34-24)25(29)26-16-18-2-3-18/h4-8,13-14,17-18,20,24,28H,2-3,9-12,15-16H2,1H3,(H,26,29)/t20-,24+/m0/s1. The maximum Gasteiger partial charge on any atom is 0.286 e. The topological polar surface area (TPSA) is 114 Å². The summed E-state index contributed by atoms with van der Waals surface area (Å²) in [6, 6.07) is 8.09. The number of sulfonamides is 1. The van der Waals surface area contributed by atoms with Gasteiger partial charge in [-0.2, -0.15) is 15.6 Å². The van der Waals surface area contributed by atoms with E-state index in [0.29, 0.717) is 24.6 Å². The van der Waals surface area contributed by atoms with E-state index in [9.17, 15) is 18.3 Å². The predicted molar refractivity (Wildman–Crippen MR) is 135 cm³/mol. The number of nitrogens with one attached hydrogen (secondary N) is 1. The van der Waals surface area contributed by atoms with Gasteiger partial charge in [0.25, 0.3) is 5.91 Å². The van der Waals surface area contributed by atoms with E-state index < -0.39 is 16.3 Å². The number of carbonyl (C=O) groups excluding carboxylic acids is 1. The molecule has 2 aliphatic rings. The van der Waals surface area contributed by atoms with E-state index in [4.69, 9.17) is 14.2 Å². The van der Waals surface area contributed by atoms with Crippen LogP contribution in [0.2, 0.25) is 0 Å². The number of amides is 1. The van der Waals surface area contributed by atoms with Crippen molar-refractivity contribution in [3.63, 3.8) is 0 Å². The molecule has 0 radical (unpaired) electrons. The molecule has 11 heteroatoms. The Balaban J connectivity index is 1.39. The molecule has 0 saturated heterocycles. The van der Waals surface area contributed by atoms with Crippen molar-refractivity contribution in [1.29, 1.82) is 0 Å². The highest BCUT2D eigenvalue weighted by atomic mass is 32.2. The quantitative estimate of drug-likeness (QED) is 0.405. The number of nitrogens with zero attached hydrogens (tertiary/aromatic N) is 1. The Labute approximate surface area is 215 Å². The number of aliphatic hydroxyl groups is 1. The monoisotopic (exact) mass is 536 g/mol. The van der Waals surface area contributed by atoms with Gasteiger partial charge in [-0.05, 0) is 71.5 Å². The molecule has 196 valence electrons. The molecule has 1 amide bonds. The highest BCUT2D eigenvalue weighted by Gasteiger charge is 2.31.